The molecule has 10 nitrogen and oxygen atoms in total. The minimum absolute atomic E-state index is 0.197. The van der Waals surface area contributed by atoms with Crippen molar-refractivity contribution in [2.45, 2.75) is 36.2 Å². The summed E-state index contributed by atoms with van der Waals surface area (Å²) in [5.41, 5.74) is 6.98. The van der Waals surface area contributed by atoms with E-state index in [9.17, 15) is 5.11 Å². The smallest absolute Gasteiger partial charge is 0.272 e. The van der Waals surface area contributed by atoms with E-state index < -0.39 is 31.0 Å². The van der Waals surface area contributed by atoms with Gasteiger partial charge in [0.1, 0.15) is 23.8 Å². The Morgan fingerprint density at radius 1 is 1.33 bits per heavy atom. The molecular weight excluding hydrogens is 338 g/mol. The molecule has 2 unspecified atom stereocenters. The molecule has 2 aliphatic rings. The number of rotatable bonds is 4. The molecule has 0 spiro atoms. The summed E-state index contributed by atoms with van der Waals surface area (Å²) in [6.07, 6.45) is 1.44. The Balaban J connectivity index is 1.75. The number of nitrogen functional groups attached to an aromatic ring is 1. The van der Waals surface area contributed by atoms with E-state index in [0.717, 1.165) is 0 Å². The summed E-state index contributed by atoms with van der Waals surface area (Å²) in [5.74, 6) is 0.301. The van der Waals surface area contributed by atoms with E-state index in [0.29, 0.717) is 22.1 Å². The highest BCUT2D eigenvalue weighted by Crippen LogP contribution is 2.40. The molecule has 0 radical (unpaired) electrons. The lowest BCUT2D eigenvalue weighted by Gasteiger charge is -2.19. The maximum absolute atomic E-state index is 9.55. The number of aromatic nitrogens is 4. The van der Waals surface area contributed by atoms with Crippen molar-refractivity contribution in [1.82, 2.24) is 19.5 Å². The third-order valence-electron chi connectivity index (χ3n) is 4.08. The van der Waals surface area contributed by atoms with Crippen LogP contribution in [0, 0.1) is 0 Å². The third kappa shape index (κ3) is 2.36. The molecule has 2 fully saturated rings. The van der Waals surface area contributed by atoms with Crippen LogP contribution in [-0.4, -0.2) is 69.4 Å². The zero-order valence-corrected chi connectivity index (χ0v) is 13.8. The minimum Gasteiger partial charge on any atom is -0.394 e. The topological polar surface area (TPSA) is 127 Å². The molecule has 24 heavy (non-hydrogen) atoms. The van der Waals surface area contributed by atoms with Crippen LogP contribution in [0.2, 0.25) is 0 Å². The summed E-state index contributed by atoms with van der Waals surface area (Å²) >= 11 is 1.38. The third-order valence-corrected chi connectivity index (χ3v) is 4.63. The summed E-state index contributed by atoms with van der Waals surface area (Å²) in [6, 6.07) is 0. The number of hydrogen-bond acceptors (Lipinski definition) is 10. The lowest BCUT2D eigenvalue weighted by Crippen LogP contribution is -2.31. The highest BCUT2D eigenvalue weighted by Gasteiger charge is 2.53. The number of nitrogens with two attached hydrogens (primary N) is 1. The number of fused-ring (bicyclic) bond motifs is 2. The molecule has 11 heteroatoms. The van der Waals surface area contributed by atoms with Crippen LogP contribution in [0.15, 0.2) is 11.5 Å². The Kier molecular flexibility index (Phi) is 4.06. The number of hydrogen-bond donors (Lipinski definition) is 2. The lowest BCUT2D eigenvalue weighted by molar-refractivity contribution is -0.256. The molecule has 2 aliphatic heterocycles. The molecule has 5 atom stereocenters. The minimum atomic E-state index is -0.795. The molecule has 0 amide bonds. The largest absolute Gasteiger partial charge is 0.394 e. The fraction of sp³-hybridized carbons (Fsp3) is 0.615. The van der Waals surface area contributed by atoms with Gasteiger partial charge >= 0.3 is 0 Å². The molecule has 0 aliphatic carbocycles. The molecule has 4 heterocycles. The number of aliphatic hydroxyl groups excluding tert-OH is 1. The van der Waals surface area contributed by atoms with Crippen LogP contribution in [0.5, 0.6) is 0 Å². The molecule has 0 bridgehead atoms. The van der Waals surface area contributed by atoms with E-state index in [1.807, 2.05) is 6.26 Å². The van der Waals surface area contributed by atoms with Crippen molar-refractivity contribution in [1.29, 1.82) is 0 Å². The number of anilines is 1. The summed E-state index contributed by atoms with van der Waals surface area (Å²) < 4.78 is 24.1. The monoisotopic (exact) mass is 355 g/mol. The number of ether oxygens (including phenoxy) is 4. The van der Waals surface area contributed by atoms with Crippen molar-refractivity contribution in [3.05, 3.63) is 6.33 Å². The Morgan fingerprint density at radius 3 is 2.83 bits per heavy atom. The van der Waals surface area contributed by atoms with Gasteiger partial charge in [-0.2, -0.15) is 0 Å². The van der Waals surface area contributed by atoms with Crippen LogP contribution in [0.25, 0.3) is 11.2 Å². The maximum Gasteiger partial charge on any atom is 0.272 e. The first-order valence-corrected chi connectivity index (χ1v) is 8.52. The van der Waals surface area contributed by atoms with Crippen LogP contribution in [-0.2, 0) is 18.9 Å². The fourth-order valence-electron chi connectivity index (χ4n) is 2.98. The maximum atomic E-state index is 9.55. The Morgan fingerprint density at radius 2 is 2.12 bits per heavy atom. The lowest BCUT2D eigenvalue weighted by atomic mass is 10.1. The number of nitrogens with zero attached hydrogens (tertiary/aromatic N) is 4. The van der Waals surface area contributed by atoms with Crippen molar-refractivity contribution < 1.29 is 24.1 Å². The highest BCUT2D eigenvalue weighted by molar-refractivity contribution is 7.98. The van der Waals surface area contributed by atoms with Crippen molar-refractivity contribution in [3.8, 4) is 0 Å². The van der Waals surface area contributed by atoms with Crippen molar-refractivity contribution in [2.24, 2.45) is 0 Å². The van der Waals surface area contributed by atoms with Gasteiger partial charge in [0, 0.05) is 7.11 Å². The molecule has 0 saturated carbocycles. The Hall–Kier alpha value is -1.50. The average molecular weight is 355 g/mol. The standard InChI is InChI=1S/C13H17N5O5S/c1-20-13-22-7-5(3-19)21-11(8(7)23-13)18-4-15-6-9(14)16-12(24-2)17-10(6)18/h4-5,7-8,11,13,19H,3H2,1-2H3,(H2,14,16,17)/t5-,7?,8+,11-,13?/m1/s1. The zero-order valence-electron chi connectivity index (χ0n) is 13.0. The predicted octanol–water partition coefficient (Wildman–Crippen LogP) is -0.266. The van der Waals surface area contributed by atoms with Crippen molar-refractivity contribution in [3.63, 3.8) is 0 Å². The first-order valence-electron chi connectivity index (χ1n) is 7.30. The summed E-state index contributed by atoms with van der Waals surface area (Å²) in [7, 11) is 1.49. The second kappa shape index (κ2) is 6.10. The van der Waals surface area contributed by atoms with E-state index in [4.69, 9.17) is 24.7 Å². The quantitative estimate of drug-likeness (QED) is 0.559. The molecule has 2 aromatic rings. The fourth-order valence-corrected chi connectivity index (χ4v) is 3.35. The molecule has 2 saturated heterocycles. The SMILES string of the molecule is COC1OC2[C@@H](CO)O[C@@H](n3cnc4c(N)nc(SC)nc43)[C@H]2O1. The van der Waals surface area contributed by atoms with Gasteiger partial charge in [0.15, 0.2) is 22.8 Å². The average Bonchev–Trinajstić information content (AvgIpc) is 3.27. The van der Waals surface area contributed by atoms with Gasteiger partial charge < -0.3 is 29.8 Å². The van der Waals surface area contributed by atoms with Crippen molar-refractivity contribution >= 4 is 28.7 Å². The van der Waals surface area contributed by atoms with Gasteiger partial charge in [-0.1, -0.05) is 11.8 Å². The molecule has 130 valence electrons. The predicted molar refractivity (Wildman–Crippen MR) is 83.1 cm³/mol. The van der Waals surface area contributed by atoms with Gasteiger partial charge in [0.2, 0.25) is 0 Å². The number of aliphatic hydroxyl groups is 1. The van der Waals surface area contributed by atoms with Gasteiger partial charge in [-0.25, -0.2) is 15.0 Å². The van der Waals surface area contributed by atoms with Crippen LogP contribution in [0.3, 0.4) is 0 Å². The molecule has 0 aromatic carbocycles. The van der Waals surface area contributed by atoms with Crippen LogP contribution in [0.4, 0.5) is 5.82 Å². The second-order valence-electron chi connectivity index (χ2n) is 5.39. The van der Waals surface area contributed by atoms with E-state index in [2.05, 4.69) is 15.0 Å². The molecule has 4 rings (SSSR count). The normalized spacial score (nSPS) is 32.5. The van der Waals surface area contributed by atoms with E-state index in [1.54, 1.807) is 10.9 Å². The number of methoxy groups -OCH3 is 1. The first kappa shape index (κ1) is 16.0. The summed E-state index contributed by atoms with van der Waals surface area (Å²) in [5, 5.41) is 10.1. The summed E-state index contributed by atoms with van der Waals surface area (Å²) in [6.45, 7) is -0.992. The molecule has 3 N–H and O–H groups in total. The van der Waals surface area contributed by atoms with Crippen molar-refractivity contribution in [2.75, 3.05) is 25.7 Å². The van der Waals surface area contributed by atoms with Gasteiger partial charge in [0.25, 0.3) is 6.48 Å². The van der Waals surface area contributed by atoms with Gasteiger partial charge in [-0.15, -0.1) is 0 Å². The van der Waals surface area contributed by atoms with Gasteiger partial charge in [0.05, 0.1) is 12.9 Å². The van der Waals surface area contributed by atoms with E-state index in [1.165, 1.54) is 18.9 Å². The van der Waals surface area contributed by atoms with Gasteiger partial charge in [-0.3, -0.25) is 4.57 Å². The Bertz CT molecular complexity index is 758. The highest BCUT2D eigenvalue weighted by atomic mass is 32.2. The van der Waals surface area contributed by atoms with Crippen LogP contribution < -0.4 is 5.73 Å². The van der Waals surface area contributed by atoms with E-state index in [-0.39, 0.29) is 6.61 Å². The zero-order chi connectivity index (χ0) is 16.8. The summed E-state index contributed by atoms with van der Waals surface area (Å²) in [4.78, 5) is 12.9. The number of imidazole rings is 1. The molecular formula is C13H17N5O5S. The molecule has 2 aromatic heterocycles. The second-order valence-corrected chi connectivity index (χ2v) is 6.17. The number of thioether (sulfide) groups is 1. The van der Waals surface area contributed by atoms with Crippen LogP contribution >= 0.6 is 11.8 Å². The van der Waals surface area contributed by atoms with Gasteiger partial charge in [-0.05, 0) is 6.26 Å². The van der Waals surface area contributed by atoms with E-state index >= 15 is 0 Å². The first-order chi connectivity index (χ1) is 11.7. The van der Waals surface area contributed by atoms with Crippen LogP contribution in [0.1, 0.15) is 6.23 Å². The Labute approximate surface area is 141 Å².